The molecule has 4 nitrogen and oxygen atoms in total. The summed E-state index contributed by atoms with van der Waals surface area (Å²) in [7, 11) is 2.19. The number of aryl methyl sites for hydroxylation is 1. The van der Waals surface area contributed by atoms with Crippen LogP contribution in [0.5, 0.6) is 0 Å². The maximum absolute atomic E-state index is 4.47. The SMILES string of the molecule is CCc1nc(Br)cc(NCC2CCCN2C)n1. The van der Waals surface area contributed by atoms with Crippen LogP contribution in [0.2, 0.25) is 0 Å². The van der Waals surface area contributed by atoms with Crippen LogP contribution in [0.4, 0.5) is 5.82 Å². The van der Waals surface area contributed by atoms with Crippen molar-refractivity contribution in [2.45, 2.75) is 32.2 Å². The van der Waals surface area contributed by atoms with Crippen LogP contribution in [0.1, 0.15) is 25.6 Å². The molecule has 2 rings (SSSR count). The number of rotatable bonds is 4. The van der Waals surface area contributed by atoms with E-state index < -0.39 is 0 Å². The Morgan fingerprint density at radius 2 is 2.35 bits per heavy atom. The summed E-state index contributed by atoms with van der Waals surface area (Å²) in [4.78, 5) is 11.2. The van der Waals surface area contributed by atoms with Crippen LogP contribution < -0.4 is 5.32 Å². The molecular formula is C12H19BrN4. The third kappa shape index (κ3) is 3.39. The molecular weight excluding hydrogens is 280 g/mol. The monoisotopic (exact) mass is 298 g/mol. The summed E-state index contributed by atoms with van der Waals surface area (Å²) in [6.45, 7) is 4.24. The van der Waals surface area contributed by atoms with Gasteiger partial charge in [0.2, 0.25) is 0 Å². The van der Waals surface area contributed by atoms with E-state index in [4.69, 9.17) is 0 Å². The van der Waals surface area contributed by atoms with Gasteiger partial charge < -0.3 is 10.2 Å². The predicted octanol–water partition coefficient (Wildman–Crippen LogP) is 2.31. The Morgan fingerprint density at radius 1 is 1.53 bits per heavy atom. The van der Waals surface area contributed by atoms with E-state index >= 15 is 0 Å². The largest absolute Gasteiger partial charge is 0.368 e. The fourth-order valence-corrected chi connectivity index (χ4v) is 2.59. The van der Waals surface area contributed by atoms with Crippen molar-refractivity contribution in [3.63, 3.8) is 0 Å². The van der Waals surface area contributed by atoms with Gasteiger partial charge in [0.05, 0.1) is 0 Å². The van der Waals surface area contributed by atoms with Gasteiger partial charge in [0, 0.05) is 25.1 Å². The summed E-state index contributed by atoms with van der Waals surface area (Å²) >= 11 is 3.42. The Morgan fingerprint density at radius 3 is 3.00 bits per heavy atom. The molecule has 1 saturated heterocycles. The quantitative estimate of drug-likeness (QED) is 0.866. The van der Waals surface area contributed by atoms with E-state index in [-0.39, 0.29) is 0 Å². The first kappa shape index (κ1) is 12.8. The Bertz CT molecular complexity index is 383. The fraction of sp³-hybridized carbons (Fsp3) is 0.667. The van der Waals surface area contributed by atoms with Gasteiger partial charge in [-0.15, -0.1) is 0 Å². The van der Waals surface area contributed by atoms with Gasteiger partial charge in [-0.2, -0.15) is 0 Å². The number of likely N-dealkylation sites (tertiary alicyclic amines) is 1. The van der Waals surface area contributed by atoms with Crippen molar-refractivity contribution in [3.05, 3.63) is 16.5 Å². The zero-order chi connectivity index (χ0) is 12.3. The lowest BCUT2D eigenvalue weighted by atomic mass is 10.2. The summed E-state index contributed by atoms with van der Waals surface area (Å²) in [5, 5.41) is 3.41. The van der Waals surface area contributed by atoms with E-state index in [0.29, 0.717) is 6.04 Å². The highest BCUT2D eigenvalue weighted by Crippen LogP contribution is 2.17. The van der Waals surface area contributed by atoms with Crippen molar-refractivity contribution in [2.24, 2.45) is 0 Å². The van der Waals surface area contributed by atoms with Crippen LogP contribution in [-0.4, -0.2) is 41.0 Å². The van der Waals surface area contributed by atoms with Gasteiger partial charge in [0.15, 0.2) is 0 Å². The van der Waals surface area contributed by atoms with E-state index in [0.717, 1.165) is 29.2 Å². The first-order valence-corrected chi connectivity index (χ1v) is 6.96. The van der Waals surface area contributed by atoms with Crippen molar-refractivity contribution >= 4 is 21.7 Å². The van der Waals surface area contributed by atoms with Crippen molar-refractivity contribution < 1.29 is 0 Å². The molecule has 2 heterocycles. The summed E-state index contributed by atoms with van der Waals surface area (Å²) in [5.41, 5.74) is 0. The molecule has 0 spiro atoms. The van der Waals surface area contributed by atoms with Crippen molar-refractivity contribution in [1.82, 2.24) is 14.9 Å². The van der Waals surface area contributed by atoms with Crippen LogP contribution in [-0.2, 0) is 6.42 Å². The average molecular weight is 299 g/mol. The summed E-state index contributed by atoms with van der Waals surface area (Å²) in [6, 6.07) is 2.57. The maximum Gasteiger partial charge on any atom is 0.131 e. The summed E-state index contributed by atoms with van der Waals surface area (Å²) in [5.74, 6) is 1.80. The summed E-state index contributed by atoms with van der Waals surface area (Å²) < 4.78 is 0.853. The molecule has 0 bridgehead atoms. The summed E-state index contributed by atoms with van der Waals surface area (Å²) in [6.07, 6.45) is 3.43. The number of likely N-dealkylation sites (N-methyl/N-ethyl adjacent to an activating group) is 1. The normalized spacial score (nSPS) is 20.8. The minimum Gasteiger partial charge on any atom is -0.368 e. The molecule has 5 heteroatoms. The maximum atomic E-state index is 4.47. The van der Waals surface area contributed by atoms with Gasteiger partial charge in [-0.25, -0.2) is 9.97 Å². The zero-order valence-electron chi connectivity index (χ0n) is 10.4. The van der Waals surface area contributed by atoms with E-state index in [2.05, 4.69) is 50.1 Å². The molecule has 1 unspecified atom stereocenters. The molecule has 1 aromatic heterocycles. The standard InChI is InChI=1S/C12H19BrN4/c1-3-11-15-10(13)7-12(16-11)14-8-9-5-4-6-17(9)2/h7,9H,3-6,8H2,1-2H3,(H,14,15,16). The molecule has 0 aliphatic carbocycles. The molecule has 94 valence electrons. The Kier molecular flexibility index (Phi) is 4.34. The Balaban J connectivity index is 1.96. The first-order chi connectivity index (χ1) is 8.19. The molecule has 0 saturated carbocycles. The number of halogens is 1. The van der Waals surface area contributed by atoms with Crippen LogP contribution in [0.25, 0.3) is 0 Å². The number of aromatic nitrogens is 2. The van der Waals surface area contributed by atoms with Crippen molar-refractivity contribution in [2.75, 3.05) is 25.5 Å². The fourth-order valence-electron chi connectivity index (χ4n) is 2.17. The van der Waals surface area contributed by atoms with E-state index in [1.165, 1.54) is 19.4 Å². The molecule has 0 aromatic carbocycles. The third-order valence-corrected chi connectivity index (χ3v) is 3.65. The van der Waals surface area contributed by atoms with Gasteiger partial charge in [0.25, 0.3) is 0 Å². The molecule has 1 fully saturated rings. The minimum atomic E-state index is 0.633. The topological polar surface area (TPSA) is 41.1 Å². The second-order valence-corrected chi connectivity index (χ2v) is 5.32. The van der Waals surface area contributed by atoms with Gasteiger partial charge in [-0.1, -0.05) is 6.92 Å². The van der Waals surface area contributed by atoms with Crippen LogP contribution in [0.15, 0.2) is 10.7 Å². The van der Waals surface area contributed by atoms with Crippen LogP contribution >= 0.6 is 15.9 Å². The number of anilines is 1. The Hall–Kier alpha value is -0.680. The van der Waals surface area contributed by atoms with E-state index in [9.17, 15) is 0 Å². The molecule has 0 amide bonds. The van der Waals surface area contributed by atoms with Gasteiger partial charge in [-0.3, -0.25) is 0 Å². The number of nitrogens with zero attached hydrogens (tertiary/aromatic N) is 3. The van der Waals surface area contributed by atoms with Crippen LogP contribution in [0.3, 0.4) is 0 Å². The lowest BCUT2D eigenvalue weighted by Crippen LogP contribution is -2.31. The number of nitrogens with one attached hydrogen (secondary N) is 1. The second-order valence-electron chi connectivity index (χ2n) is 4.50. The van der Waals surface area contributed by atoms with Gasteiger partial charge in [0.1, 0.15) is 16.2 Å². The van der Waals surface area contributed by atoms with Crippen molar-refractivity contribution in [3.8, 4) is 0 Å². The second kappa shape index (κ2) is 5.78. The molecule has 1 aromatic rings. The minimum absolute atomic E-state index is 0.633. The average Bonchev–Trinajstić information content (AvgIpc) is 2.71. The Labute approximate surface area is 111 Å². The molecule has 0 radical (unpaired) electrons. The molecule has 1 N–H and O–H groups in total. The van der Waals surface area contributed by atoms with Crippen LogP contribution in [0, 0.1) is 0 Å². The van der Waals surface area contributed by atoms with Gasteiger partial charge in [-0.05, 0) is 42.4 Å². The predicted molar refractivity (Wildman–Crippen MR) is 73.3 cm³/mol. The molecule has 1 aliphatic rings. The van der Waals surface area contributed by atoms with E-state index in [1.807, 2.05) is 6.07 Å². The highest BCUT2D eigenvalue weighted by Gasteiger charge is 2.20. The third-order valence-electron chi connectivity index (χ3n) is 3.25. The van der Waals surface area contributed by atoms with Crippen molar-refractivity contribution in [1.29, 1.82) is 0 Å². The highest BCUT2D eigenvalue weighted by atomic mass is 79.9. The number of hydrogen-bond donors (Lipinski definition) is 1. The molecule has 1 atom stereocenters. The lowest BCUT2D eigenvalue weighted by molar-refractivity contribution is 0.322. The lowest BCUT2D eigenvalue weighted by Gasteiger charge is -2.20. The van der Waals surface area contributed by atoms with E-state index in [1.54, 1.807) is 0 Å². The first-order valence-electron chi connectivity index (χ1n) is 6.16. The zero-order valence-corrected chi connectivity index (χ0v) is 12.0. The smallest absolute Gasteiger partial charge is 0.131 e. The highest BCUT2D eigenvalue weighted by molar-refractivity contribution is 9.10. The molecule has 1 aliphatic heterocycles. The molecule has 17 heavy (non-hydrogen) atoms. The number of hydrogen-bond acceptors (Lipinski definition) is 4. The van der Waals surface area contributed by atoms with Gasteiger partial charge >= 0.3 is 0 Å².